The van der Waals surface area contributed by atoms with E-state index in [4.69, 9.17) is 0 Å². The lowest BCUT2D eigenvalue weighted by molar-refractivity contribution is 1.34. The second kappa shape index (κ2) is 13.7. The summed E-state index contributed by atoms with van der Waals surface area (Å²) in [4.78, 5) is 4.40. The summed E-state index contributed by atoms with van der Waals surface area (Å²) in [5, 5.41) is 0. The maximum atomic E-state index is 4.40. The number of hydrogen-bond donors (Lipinski definition) is 0. The van der Waals surface area contributed by atoms with Gasteiger partial charge in [-0.3, -0.25) is 4.99 Å². The van der Waals surface area contributed by atoms with E-state index in [0.717, 1.165) is 22.4 Å². The summed E-state index contributed by atoms with van der Waals surface area (Å²) in [7, 11) is 0. The van der Waals surface area contributed by atoms with Crippen LogP contribution in [0.4, 0.5) is 0 Å². The molecule has 0 aliphatic heterocycles. The van der Waals surface area contributed by atoms with E-state index >= 15 is 0 Å². The molecule has 0 radical (unpaired) electrons. The zero-order valence-electron chi connectivity index (χ0n) is 14.8. The Bertz CT molecular complexity index is 656. The Balaban J connectivity index is 6.04. The van der Waals surface area contributed by atoms with Crippen molar-refractivity contribution in [3.05, 3.63) is 122 Å². The minimum absolute atomic E-state index is 0.775. The molecule has 0 aliphatic rings. The van der Waals surface area contributed by atoms with Crippen molar-refractivity contribution in [2.75, 3.05) is 0 Å². The predicted molar refractivity (Wildman–Crippen MR) is 111 cm³/mol. The van der Waals surface area contributed by atoms with Crippen molar-refractivity contribution >= 4 is 6.21 Å². The van der Waals surface area contributed by atoms with E-state index in [1.165, 1.54) is 0 Å². The molecule has 1 nitrogen and oxygen atoms in total. The minimum Gasteiger partial charge on any atom is -0.256 e. The SMILES string of the molecule is C=C\C=N/C(=C\C=C)C(/C=C(\C=C)C(=CC)/C=C/C=C\C)=C/C=C. The van der Waals surface area contributed by atoms with Crippen LogP contribution in [0, 0.1) is 0 Å². The monoisotopic (exact) mass is 317 g/mol. The number of aliphatic imine (C=N–C) groups is 1. The zero-order valence-corrected chi connectivity index (χ0v) is 14.8. The first-order valence-corrected chi connectivity index (χ1v) is 7.79. The molecule has 0 aliphatic carbocycles. The second-order valence-corrected chi connectivity index (χ2v) is 4.59. The van der Waals surface area contributed by atoms with Crippen molar-refractivity contribution in [2.24, 2.45) is 4.99 Å². The van der Waals surface area contributed by atoms with Crippen molar-refractivity contribution in [3.63, 3.8) is 0 Å². The molecule has 0 aromatic heterocycles. The second-order valence-electron chi connectivity index (χ2n) is 4.59. The van der Waals surface area contributed by atoms with Gasteiger partial charge in [0.1, 0.15) is 0 Å². The highest BCUT2D eigenvalue weighted by Gasteiger charge is 2.03. The molecule has 0 saturated carbocycles. The van der Waals surface area contributed by atoms with Gasteiger partial charge in [-0.15, -0.1) is 0 Å². The summed E-state index contributed by atoms with van der Waals surface area (Å²) in [5.74, 6) is 0. The molecular weight excluding hydrogens is 290 g/mol. The lowest BCUT2D eigenvalue weighted by atomic mass is 10.00. The molecule has 0 rings (SSSR count). The molecule has 0 aromatic carbocycles. The maximum absolute atomic E-state index is 4.40. The van der Waals surface area contributed by atoms with Crippen molar-refractivity contribution in [1.29, 1.82) is 0 Å². The van der Waals surface area contributed by atoms with Crippen LogP contribution in [0.25, 0.3) is 0 Å². The molecule has 0 spiro atoms. The first kappa shape index (κ1) is 21.1. The van der Waals surface area contributed by atoms with Crippen molar-refractivity contribution in [1.82, 2.24) is 0 Å². The zero-order chi connectivity index (χ0) is 18.2. The van der Waals surface area contributed by atoms with Crippen LogP contribution in [0.5, 0.6) is 0 Å². The van der Waals surface area contributed by atoms with E-state index in [1.807, 2.05) is 68.5 Å². The molecule has 0 N–H and O–H groups in total. The number of rotatable bonds is 10. The largest absolute Gasteiger partial charge is 0.256 e. The molecule has 0 aromatic rings. The topological polar surface area (TPSA) is 12.4 Å². The molecule has 124 valence electrons. The fourth-order valence-electron chi connectivity index (χ4n) is 1.85. The first-order chi connectivity index (χ1) is 11.7. The molecular formula is C23H27N. The molecule has 0 bridgehead atoms. The summed E-state index contributed by atoms with van der Waals surface area (Å²) >= 11 is 0. The van der Waals surface area contributed by atoms with E-state index in [0.29, 0.717) is 0 Å². The number of hydrogen-bond acceptors (Lipinski definition) is 1. The van der Waals surface area contributed by atoms with Crippen LogP contribution < -0.4 is 0 Å². The molecule has 24 heavy (non-hydrogen) atoms. The fraction of sp³-hybridized carbons (Fsp3) is 0.0870. The van der Waals surface area contributed by atoms with Gasteiger partial charge in [0, 0.05) is 11.8 Å². The van der Waals surface area contributed by atoms with Crippen LogP contribution in [0.1, 0.15) is 13.8 Å². The highest BCUT2D eigenvalue weighted by molar-refractivity contribution is 5.72. The highest BCUT2D eigenvalue weighted by Crippen LogP contribution is 2.21. The Morgan fingerprint density at radius 2 is 1.50 bits per heavy atom. The Kier molecular flexibility index (Phi) is 12.0. The van der Waals surface area contributed by atoms with Gasteiger partial charge < -0.3 is 0 Å². The van der Waals surface area contributed by atoms with Gasteiger partial charge in [-0.05, 0) is 37.1 Å². The standard InChI is InChI=1S/C23H27N/c1-7-13-14-17-20(11-5)21(12-6)19-22(15-8-2)23(16-9-3)24-18-10-4/h7-19H,2-4,6H2,1,5H3/b13-7-,17-14+,20-11?,21-19+,22-15+,23-16-,24-18-. The lowest BCUT2D eigenvalue weighted by Crippen LogP contribution is -1.89. The third-order valence-corrected chi connectivity index (χ3v) is 2.94. The average molecular weight is 317 g/mol. The Hall–Kier alpha value is -2.93. The van der Waals surface area contributed by atoms with Gasteiger partial charge in [0.05, 0.1) is 5.70 Å². The van der Waals surface area contributed by atoms with Gasteiger partial charge in [-0.25, -0.2) is 0 Å². The highest BCUT2D eigenvalue weighted by atomic mass is 14.7. The predicted octanol–water partition coefficient (Wildman–Crippen LogP) is 6.62. The van der Waals surface area contributed by atoms with Crippen LogP contribution in [0.15, 0.2) is 127 Å². The summed E-state index contributed by atoms with van der Waals surface area (Å²) in [6.45, 7) is 19.1. The van der Waals surface area contributed by atoms with Gasteiger partial charge in [0.15, 0.2) is 0 Å². The fourth-order valence-corrected chi connectivity index (χ4v) is 1.85. The third kappa shape index (κ3) is 7.90. The quantitative estimate of drug-likeness (QED) is 0.317. The van der Waals surface area contributed by atoms with Crippen molar-refractivity contribution in [2.45, 2.75) is 13.8 Å². The summed E-state index contributed by atoms with van der Waals surface area (Å²) < 4.78 is 0. The average Bonchev–Trinajstić information content (AvgIpc) is 2.60. The van der Waals surface area contributed by atoms with Gasteiger partial charge in [0.2, 0.25) is 0 Å². The molecule has 0 amide bonds. The Morgan fingerprint density at radius 3 is 2.00 bits per heavy atom. The van der Waals surface area contributed by atoms with E-state index < -0.39 is 0 Å². The van der Waals surface area contributed by atoms with Crippen LogP contribution >= 0.6 is 0 Å². The van der Waals surface area contributed by atoms with Gasteiger partial charge >= 0.3 is 0 Å². The Labute approximate surface area is 147 Å². The van der Waals surface area contributed by atoms with Crippen LogP contribution in [0.3, 0.4) is 0 Å². The van der Waals surface area contributed by atoms with E-state index in [-0.39, 0.29) is 0 Å². The van der Waals surface area contributed by atoms with E-state index in [1.54, 1.807) is 24.4 Å². The molecule has 0 heterocycles. The van der Waals surface area contributed by atoms with Crippen LogP contribution in [-0.4, -0.2) is 6.21 Å². The summed E-state index contributed by atoms with van der Waals surface area (Å²) in [6.07, 6.45) is 24.4. The molecule has 1 heteroatoms. The molecule has 0 atom stereocenters. The van der Waals surface area contributed by atoms with E-state index in [9.17, 15) is 0 Å². The smallest absolute Gasteiger partial charge is 0.0701 e. The number of nitrogens with zero attached hydrogens (tertiary/aromatic N) is 1. The first-order valence-electron chi connectivity index (χ1n) is 7.79. The number of allylic oxidation sites excluding steroid dienone is 14. The van der Waals surface area contributed by atoms with Crippen molar-refractivity contribution < 1.29 is 0 Å². The maximum Gasteiger partial charge on any atom is 0.0701 e. The lowest BCUT2D eigenvalue weighted by Gasteiger charge is -2.07. The molecule has 0 fully saturated rings. The van der Waals surface area contributed by atoms with E-state index in [2.05, 4.69) is 31.3 Å². The van der Waals surface area contributed by atoms with Gasteiger partial charge in [0.25, 0.3) is 0 Å². The third-order valence-electron chi connectivity index (χ3n) is 2.94. The molecule has 0 saturated heterocycles. The van der Waals surface area contributed by atoms with Crippen molar-refractivity contribution in [3.8, 4) is 0 Å². The van der Waals surface area contributed by atoms with Gasteiger partial charge in [-0.2, -0.15) is 0 Å². The Morgan fingerprint density at radius 1 is 0.792 bits per heavy atom. The summed E-state index contributed by atoms with van der Waals surface area (Å²) in [5.41, 5.74) is 3.76. The van der Waals surface area contributed by atoms with Crippen LogP contribution in [-0.2, 0) is 0 Å². The minimum atomic E-state index is 0.775. The van der Waals surface area contributed by atoms with Crippen LogP contribution in [0.2, 0.25) is 0 Å². The van der Waals surface area contributed by atoms with Gasteiger partial charge in [-0.1, -0.05) is 87.1 Å². The normalized spacial score (nSPS) is 14.6. The summed E-state index contributed by atoms with van der Waals surface area (Å²) in [6, 6.07) is 0. The molecule has 0 unspecified atom stereocenters.